The molecule has 2 N–H and O–H groups in total. The van der Waals surface area contributed by atoms with Crippen molar-refractivity contribution in [2.75, 3.05) is 5.73 Å². The molecule has 1 aromatic heterocycles. The molecule has 0 unspecified atom stereocenters. The van der Waals surface area contributed by atoms with E-state index in [1.54, 1.807) is 30.6 Å². The molecule has 0 saturated carbocycles. The summed E-state index contributed by atoms with van der Waals surface area (Å²) < 4.78 is 13.1. The third-order valence-corrected chi connectivity index (χ3v) is 2.63. The molecular weight excluding hydrogens is 203 g/mol. The number of halogens is 1. The topological polar surface area (TPSA) is 38.9 Å². The van der Waals surface area contributed by atoms with Crippen molar-refractivity contribution in [1.82, 2.24) is 4.98 Å². The van der Waals surface area contributed by atoms with Gasteiger partial charge < -0.3 is 5.73 Å². The molecule has 2 nitrogen and oxygen atoms in total. The molecule has 1 heterocycles. The normalized spacial score (nSPS) is 10.4. The quantitative estimate of drug-likeness (QED) is 0.838. The van der Waals surface area contributed by atoms with Crippen LogP contribution in [0.5, 0.6) is 0 Å². The Morgan fingerprint density at radius 2 is 2.06 bits per heavy atom. The van der Waals surface area contributed by atoms with Gasteiger partial charge in [0.25, 0.3) is 0 Å². The molecule has 0 atom stereocenters. The van der Waals surface area contributed by atoms with Crippen molar-refractivity contribution < 1.29 is 4.39 Å². The smallest absolute Gasteiger partial charge is 0.123 e. The Kier molecular flexibility index (Phi) is 2.86. The first kappa shape index (κ1) is 10.6. The first-order valence-electron chi connectivity index (χ1n) is 5.10. The summed E-state index contributed by atoms with van der Waals surface area (Å²) in [4.78, 5) is 4.02. The number of benzene rings is 1. The highest BCUT2D eigenvalue weighted by Crippen LogP contribution is 2.18. The summed E-state index contributed by atoms with van der Waals surface area (Å²) in [5.41, 5.74) is 9.45. The molecule has 2 aromatic rings. The Labute approximate surface area is 93.9 Å². The fraction of sp³-hybridized carbons (Fsp3) is 0.154. The van der Waals surface area contributed by atoms with Crippen molar-refractivity contribution in [2.24, 2.45) is 0 Å². The molecule has 82 valence electrons. The second-order valence-electron chi connectivity index (χ2n) is 3.82. The van der Waals surface area contributed by atoms with Gasteiger partial charge in [0.2, 0.25) is 0 Å². The Balaban J connectivity index is 2.34. The summed E-state index contributed by atoms with van der Waals surface area (Å²) in [5.74, 6) is -0.219. The zero-order chi connectivity index (χ0) is 11.5. The van der Waals surface area contributed by atoms with Gasteiger partial charge in [0, 0.05) is 24.5 Å². The van der Waals surface area contributed by atoms with Crippen LogP contribution in [0.15, 0.2) is 36.7 Å². The fourth-order valence-corrected chi connectivity index (χ4v) is 1.62. The van der Waals surface area contributed by atoms with Crippen molar-refractivity contribution in [1.29, 1.82) is 0 Å². The van der Waals surface area contributed by atoms with Crippen LogP contribution >= 0.6 is 0 Å². The van der Waals surface area contributed by atoms with E-state index in [0.29, 0.717) is 12.1 Å². The minimum atomic E-state index is -0.219. The van der Waals surface area contributed by atoms with Gasteiger partial charge in [-0.25, -0.2) is 4.39 Å². The van der Waals surface area contributed by atoms with Crippen LogP contribution in [0.25, 0.3) is 0 Å². The number of nitrogens with two attached hydrogens (primary N) is 1. The van der Waals surface area contributed by atoms with E-state index in [0.717, 1.165) is 16.7 Å². The predicted octanol–water partition coefficient (Wildman–Crippen LogP) is 2.70. The van der Waals surface area contributed by atoms with Crippen LogP contribution in [0.3, 0.4) is 0 Å². The van der Waals surface area contributed by atoms with Crippen molar-refractivity contribution in [3.8, 4) is 0 Å². The van der Waals surface area contributed by atoms with Crippen LogP contribution in [0, 0.1) is 12.7 Å². The molecule has 0 fully saturated rings. The van der Waals surface area contributed by atoms with Crippen LogP contribution in [-0.4, -0.2) is 4.98 Å². The second kappa shape index (κ2) is 4.31. The lowest BCUT2D eigenvalue weighted by molar-refractivity contribution is 0.625. The van der Waals surface area contributed by atoms with E-state index >= 15 is 0 Å². The van der Waals surface area contributed by atoms with Gasteiger partial charge in [-0.15, -0.1) is 0 Å². The minimum Gasteiger partial charge on any atom is -0.398 e. The number of anilines is 1. The molecule has 0 aliphatic rings. The monoisotopic (exact) mass is 216 g/mol. The van der Waals surface area contributed by atoms with Gasteiger partial charge in [0.1, 0.15) is 5.82 Å². The maximum absolute atomic E-state index is 13.1. The molecule has 0 aliphatic heterocycles. The highest BCUT2D eigenvalue weighted by Gasteiger charge is 2.04. The largest absolute Gasteiger partial charge is 0.398 e. The van der Waals surface area contributed by atoms with Crippen LogP contribution in [0.2, 0.25) is 0 Å². The first-order chi connectivity index (χ1) is 7.66. The average molecular weight is 216 g/mol. The molecule has 0 bridgehead atoms. The van der Waals surface area contributed by atoms with Crippen LogP contribution in [0.4, 0.5) is 10.1 Å². The molecule has 0 spiro atoms. The highest BCUT2D eigenvalue weighted by molar-refractivity contribution is 5.47. The molecule has 1 aromatic carbocycles. The standard InChI is InChI=1S/C13H13FN2/c1-9-2-3-12(14)7-10(9)6-11-8-16-5-4-13(11)15/h2-5,7-8H,6H2,1H3,(H2,15,16). The van der Waals surface area contributed by atoms with Crippen LogP contribution in [0.1, 0.15) is 16.7 Å². The number of nitrogen functional groups attached to an aromatic ring is 1. The minimum absolute atomic E-state index is 0.219. The van der Waals surface area contributed by atoms with Gasteiger partial charge in [0.05, 0.1) is 0 Å². The predicted molar refractivity (Wildman–Crippen MR) is 62.6 cm³/mol. The Bertz CT molecular complexity index is 509. The molecule has 3 heteroatoms. The molecular formula is C13H13FN2. The van der Waals surface area contributed by atoms with E-state index in [-0.39, 0.29) is 5.82 Å². The van der Waals surface area contributed by atoms with E-state index in [1.165, 1.54) is 6.07 Å². The zero-order valence-electron chi connectivity index (χ0n) is 9.07. The maximum Gasteiger partial charge on any atom is 0.123 e. The number of hydrogen-bond donors (Lipinski definition) is 1. The average Bonchev–Trinajstić information content (AvgIpc) is 2.27. The van der Waals surface area contributed by atoms with E-state index in [4.69, 9.17) is 5.73 Å². The third-order valence-electron chi connectivity index (χ3n) is 2.63. The van der Waals surface area contributed by atoms with Gasteiger partial charge >= 0.3 is 0 Å². The number of hydrogen-bond acceptors (Lipinski definition) is 2. The van der Waals surface area contributed by atoms with Crippen LogP contribution in [-0.2, 0) is 6.42 Å². The van der Waals surface area contributed by atoms with E-state index in [9.17, 15) is 4.39 Å². The molecule has 2 rings (SSSR count). The Morgan fingerprint density at radius 1 is 1.25 bits per heavy atom. The van der Waals surface area contributed by atoms with E-state index in [2.05, 4.69) is 4.98 Å². The first-order valence-corrected chi connectivity index (χ1v) is 5.10. The van der Waals surface area contributed by atoms with Crippen molar-refractivity contribution in [3.63, 3.8) is 0 Å². The van der Waals surface area contributed by atoms with Crippen molar-refractivity contribution >= 4 is 5.69 Å². The molecule has 0 aliphatic carbocycles. The van der Waals surface area contributed by atoms with Crippen molar-refractivity contribution in [2.45, 2.75) is 13.3 Å². The lowest BCUT2D eigenvalue weighted by atomic mass is 10.0. The summed E-state index contributed by atoms with van der Waals surface area (Å²) in [5, 5.41) is 0. The van der Waals surface area contributed by atoms with Gasteiger partial charge in [0.15, 0.2) is 0 Å². The Morgan fingerprint density at radius 3 is 2.81 bits per heavy atom. The van der Waals surface area contributed by atoms with Gasteiger partial charge in [-0.1, -0.05) is 6.07 Å². The number of aryl methyl sites for hydroxylation is 1. The lowest BCUT2D eigenvalue weighted by Gasteiger charge is -2.07. The molecule has 16 heavy (non-hydrogen) atoms. The second-order valence-corrected chi connectivity index (χ2v) is 3.82. The highest BCUT2D eigenvalue weighted by atomic mass is 19.1. The number of aromatic nitrogens is 1. The molecule has 0 amide bonds. The fourth-order valence-electron chi connectivity index (χ4n) is 1.62. The number of pyridine rings is 1. The van der Waals surface area contributed by atoms with Gasteiger partial charge in [-0.2, -0.15) is 0 Å². The van der Waals surface area contributed by atoms with Crippen LogP contribution < -0.4 is 5.73 Å². The van der Waals surface area contributed by atoms with E-state index in [1.807, 2.05) is 6.92 Å². The lowest BCUT2D eigenvalue weighted by Crippen LogP contribution is -1.98. The number of nitrogens with zero attached hydrogens (tertiary/aromatic N) is 1. The summed E-state index contributed by atoms with van der Waals surface area (Å²) in [6.45, 7) is 1.96. The van der Waals surface area contributed by atoms with Crippen molar-refractivity contribution in [3.05, 3.63) is 59.2 Å². The number of rotatable bonds is 2. The van der Waals surface area contributed by atoms with Gasteiger partial charge in [-0.3, -0.25) is 4.98 Å². The summed E-state index contributed by atoms with van der Waals surface area (Å²) in [6, 6.07) is 6.54. The summed E-state index contributed by atoms with van der Waals surface area (Å²) in [6.07, 6.45) is 3.99. The van der Waals surface area contributed by atoms with Gasteiger partial charge in [-0.05, 0) is 41.8 Å². The van der Waals surface area contributed by atoms with E-state index < -0.39 is 0 Å². The third kappa shape index (κ3) is 2.19. The summed E-state index contributed by atoms with van der Waals surface area (Å²) in [7, 11) is 0. The SMILES string of the molecule is Cc1ccc(F)cc1Cc1cnccc1N. The Hall–Kier alpha value is -1.90. The summed E-state index contributed by atoms with van der Waals surface area (Å²) >= 11 is 0. The molecule has 0 radical (unpaired) electrons. The maximum atomic E-state index is 13.1. The molecule has 0 saturated heterocycles. The zero-order valence-corrected chi connectivity index (χ0v) is 9.07.